The Bertz CT molecular complexity index is 372. The average Bonchev–Trinajstić information content (AvgIpc) is 2.94. The Kier molecular flexibility index (Phi) is 5.44. The molecule has 1 fully saturated rings. The third-order valence-electron chi connectivity index (χ3n) is 4.62. The van der Waals surface area contributed by atoms with Gasteiger partial charge in [0.05, 0.1) is 12.2 Å². The van der Waals surface area contributed by atoms with Crippen LogP contribution in [-0.4, -0.2) is 16.3 Å². The predicted octanol–water partition coefficient (Wildman–Crippen LogP) is 4.09. The highest BCUT2D eigenvalue weighted by Gasteiger charge is 2.26. The molecule has 1 saturated carbocycles. The minimum absolute atomic E-state index is 0.461. The molecule has 1 N–H and O–H groups in total. The van der Waals surface area contributed by atoms with Crippen molar-refractivity contribution in [3.8, 4) is 0 Å². The molecule has 108 valence electrons. The van der Waals surface area contributed by atoms with Gasteiger partial charge in [-0.1, -0.05) is 40.0 Å². The Labute approximate surface area is 117 Å². The average molecular weight is 263 g/mol. The van der Waals surface area contributed by atoms with Gasteiger partial charge in [-0.05, 0) is 31.7 Å². The molecule has 0 aliphatic heterocycles. The summed E-state index contributed by atoms with van der Waals surface area (Å²) in [6.07, 6.45) is 12.2. The van der Waals surface area contributed by atoms with Crippen LogP contribution in [0, 0.1) is 5.92 Å². The molecule has 3 nitrogen and oxygen atoms in total. The summed E-state index contributed by atoms with van der Waals surface area (Å²) in [6, 6.07) is 1.09. The lowest BCUT2D eigenvalue weighted by Crippen LogP contribution is -2.23. The van der Waals surface area contributed by atoms with Gasteiger partial charge in [-0.3, -0.25) is 4.68 Å². The maximum Gasteiger partial charge on any atom is 0.0547 e. The summed E-state index contributed by atoms with van der Waals surface area (Å²) >= 11 is 0. The smallest absolute Gasteiger partial charge is 0.0547 e. The molecule has 0 amide bonds. The number of nitrogens with zero attached hydrogens (tertiary/aromatic N) is 2. The first-order valence-electron chi connectivity index (χ1n) is 8.07. The summed E-state index contributed by atoms with van der Waals surface area (Å²) in [4.78, 5) is 0. The van der Waals surface area contributed by atoms with Crippen LogP contribution in [0.4, 0.5) is 0 Å². The molecule has 0 spiro atoms. The maximum atomic E-state index is 4.67. The van der Waals surface area contributed by atoms with E-state index >= 15 is 0 Å². The summed E-state index contributed by atoms with van der Waals surface area (Å²) in [5, 5.41) is 8.20. The molecule has 19 heavy (non-hydrogen) atoms. The predicted molar refractivity (Wildman–Crippen MR) is 80.2 cm³/mol. The van der Waals surface area contributed by atoms with Crippen molar-refractivity contribution in [2.45, 2.75) is 71.4 Å². The van der Waals surface area contributed by atoms with Crippen LogP contribution in [0.25, 0.3) is 0 Å². The Morgan fingerprint density at radius 2 is 2.11 bits per heavy atom. The van der Waals surface area contributed by atoms with Crippen molar-refractivity contribution in [1.82, 2.24) is 15.1 Å². The van der Waals surface area contributed by atoms with Gasteiger partial charge in [-0.15, -0.1) is 0 Å². The molecule has 1 heterocycles. The fourth-order valence-corrected chi connectivity index (χ4v) is 3.47. The fraction of sp³-hybridized carbons (Fsp3) is 0.812. The van der Waals surface area contributed by atoms with Crippen LogP contribution in [0.5, 0.6) is 0 Å². The first kappa shape index (κ1) is 14.6. The van der Waals surface area contributed by atoms with Crippen LogP contribution < -0.4 is 5.32 Å². The van der Waals surface area contributed by atoms with Crippen LogP contribution in [-0.2, 0) is 0 Å². The van der Waals surface area contributed by atoms with Gasteiger partial charge in [0.15, 0.2) is 0 Å². The third-order valence-corrected chi connectivity index (χ3v) is 4.62. The second-order valence-corrected chi connectivity index (χ2v) is 5.79. The van der Waals surface area contributed by atoms with Crippen molar-refractivity contribution in [1.29, 1.82) is 0 Å². The lowest BCUT2D eigenvalue weighted by molar-refractivity contribution is 0.217. The first-order valence-corrected chi connectivity index (χ1v) is 8.07. The molecule has 1 aromatic heterocycles. The van der Waals surface area contributed by atoms with Gasteiger partial charge in [-0.2, -0.15) is 5.10 Å². The molecule has 2 rings (SSSR count). The first-order chi connectivity index (χ1) is 9.30. The minimum atomic E-state index is 0.461. The van der Waals surface area contributed by atoms with Crippen molar-refractivity contribution in [2.24, 2.45) is 5.92 Å². The zero-order chi connectivity index (χ0) is 13.7. The zero-order valence-corrected chi connectivity index (χ0v) is 12.7. The molecule has 1 aliphatic carbocycles. The van der Waals surface area contributed by atoms with E-state index in [4.69, 9.17) is 0 Å². The van der Waals surface area contributed by atoms with Crippen LogP contribution >= 0.6 is 0 Å². The summed E-state index contributed by atoms with van der Waals surface area (Å²) < 4.78 is 2.25. The van der Waals surface area contributed by atoms with Crippen molar-refractivity contribution in [3.63, 3.8) is 0 Å². The summed E-state index contributed by atoms with van der Waals surface area (Å²) in [7, 11) is 0. The molecular weight excluding hydrogens is 234 g/mol. The molecule has 3 unspecified atom stereocenters. The van der Waals surface area contributed by atoms with E-state index in [2.05, 4.69) is 48.3 Å². The van der Waals surface area contributed by atoms with E-state index in [9.17, 15) is 0 Å². The highest BCUT2D eigenvalue weighted by molar-refractivity contribution is 5.11. The van der Waals surface area contributed by atoms with Crippen LogP contribution in [0.2, 0.25) is 0 Å². The topological polar surface area (TPSA) is 29.9 Å². The van der Waals surface area contributed by atoms with Gasteiger partial charge in [0.25, 0.3) is 0 Å². The highest BCUT2D eigenvalue weighted by Crippen LogP contribution is 2.35. The number of aromatic nitrogens is 2. The van der Waals surface area contributed by atoms with E-state index < -0.39 is 0 Å². The lowest BCUT2D eigenvalue weighted by Gasteiger charge is -2.31. The minimum Gasteiger partial charge on any atom is -0.310 e. The molecule has 3 heteroatoms. The van der Waals surface area contributed by atoms with Gasteiger partial charge >= 0.3 is 0 Å². The van der Waals surface area contributed by atoms with Crippen LogP contribution in [0.3, 0.4) is 0 Å². The SMILES string of the molecule is CCNC(CC)c1cnn(C2CCCCC2CC)c1. The van der Waals surface area contributed by atoms with Crippen LogP contribution in [0.1, 0.15) is 76.9 Å². The maximum absolute atomic E-state index is 4.67. The van der Waals surface area contributed by atoms with Crippen molar-refractivity contribution in [2.75, 3.05) is 6.54 Å². The Balaban J connectivity index is 2.10. The summed E-state index contributed by atoms with van der Waals surface area (Å²) in [6.45, 7) is 7.74. The Hall–Kier alpha value is -0.830. The van der Waals surface area contributed by atoms with Gasteiger partial charge in [0, 0.05) is 17.8 Å². The quantitative estimate of drug-likeness (QED) is 0.838. The normalized spacial score (nSPS) is 25.4. The molecule has 3 atom stereocenters. The Morgan fingerprint density at radius 1 is 1.32 bits per heavy atom. The van der Waals surface area contributed by atoms with Gasteiger partial charge in [0.2, 0.25) is 0 Å². The second-order valence-electron chi connectivity index (χ2n) is 5.79. The van der Waals surface area contributed by atoms with Crippen molar-refractivity contribution < 1.29 is 0 Å². The zero-order valence-electron chi connectivity index (χ0n) is 12.7. The molecule has 1 aliphatic rings. The fourth-order valence-electron chi connectivity index (χ4n) is 3.47. The molecule has 0 saturated heterocycles. The van der Waals surface area contributed by atoms with Gasteiger partial charge in [-0.25, -0.2) is 0 Å². The van der Waals surface area contributed by atoms with Crippen LogP contribution in [0.15, 0.2) is 12.4 Å². The highest BCUT2D eigenvalue weighted by atomic mass is 15.3. The van der Waals surface area contributed by atoms with Crippen molar-refractivity contribution in [3.05, 3.63) is 18.0 Å². The number of hydrogen-bond donors (Lipinski definition) is 1. The second kappa shape index (κ2) is 7.09. The van der Waals surface area contributed by atoms with Crippen molar-refractivity contribution >= 4 is 0 Å². The summed E-state index contributed by atoms with van der Waals surface area (Å²) in [5.41, 5.74) is 1.35. The molecular formula is C16H29N3. The molecule has 0 bridgehead atoms. The van der Waals surface area contributed by atoms with E-state index in [1.807, 2.05) is 0 Å². The Morgan fingerprint density at radius 3 is 2.79 bits per heavy atom. The third kappa shape index (κ3) is 3.38. The standard InChI is InChI=1S/C16H29N3/c1-4-13-9-7-8-10-16(13)19-12-14(11-18-19)15(5-2)17-6-3/h11-13,15-17H,4-10H2,1-3H3. The number of hydrogen-bond acceptors (Lipinski definition) is 2. The molecule has 0 radical (unpaired) electrons. The molecule has 1 aromatic rings. The van der Waals surface area contributed by atoms with E-state index in [0.29, 0.717) is 12.1 Å². The number of rotatable bonds is 6. The largest absolute Gasteiger partial charge is 0.310 e. The van der Waals surface area contributed by atoms with Gasteiger partial charge in [0.1, 0.15) is 0 Å². The lowest BCUT2D eigenvalue weighted by atomic mass is 9.83. The van der Waals surface area contributed by atoms with Gasteiger partial charge < -0.3 is 5.32 Å². The van der Waals surface area contributed by atoms with E-state index in [0.717, 1.165) is 18.9 Å². The summed E-state index contributed by atoms with van der Waals surface area (Å²) in [5.74, 6) is 0.820. The monoisotopic (exact) mass is 263 g/mol. The van der Waals surface area contributed by atoms with E-state index in [-0.39, 0.29) is 0 Å². The van der Waals surface area contributed by atoms with E-state index in [1.54, 1.807) is 0 Å². The number of nitrogens with one attached hydrogen (secondary N) is 1. The van der Waals surface area contributed by atoms with E-state index in [1.165, 1.54) is 37.7 Å². The molecule has 0 aromatic carbocycles.